The summed E-state index contributed by atoms with van der Waals surface area (Å²) in [4.78, 5) is 13.2. The maximum Gasteiger partial charge on any atom is 0.232 e. The average Bonchev–Trinajstić information content (AvgIpc) is 2.67. The van der Waals surface area contributed by atoms with Crippen LogP contribution in [0.25, 0.3) is 0 Å². The summed E-state index contributed by atoms with van der Waals surface area (Å²) in [6.45, 7) is 0.205. The number of nitrogens with zero attached hydrogens (tertiary/aromatic N) is 1. The molecule has 0 saturated carbocycles. The Hall–Kier alpha value is -1.34. The number of methoxy groups -OCH3 is 1. The fourth-order valence-corrected chi connectivity index (χ4v) is 3.57. The molecule has 0 spiro atoms. The molecule has 20 heavy (non-hydrogen) atoms. The third-order valence-corrected chi connectivity index (χ3v) is 4.33. The zero-order valence-corrected chi connectivity index (χ0v) is 12.2. The van der Waals surface area contributed by atoms with Crippen molar-refractivity contribution in [1.82, 2.24) is 0 Å². The number of hydrogen-bond donors (Lipinski definition) is 0. The van der Waals surface area contributed by atoms with E-state index in [-0.39, 0.29) is 36.3 Å². The molecule has 1 fully saturated rings. The molecule has 0 aromatic heterocycles. The van der Waals surface area contributed by atoms with Gasteiger partial charge in [-0.05, 0) is 12.1 Å². The van der Waals surface area contributed by atoms with Crippen molar-refractivity contribution in [2.45, 2.75) is 6.42 Å². The SMILES string of the molecule is COc1ccc(N2CC(CS(=O)(=O)Cl)CC2=O)cc1F. The van der Waals surface area contributed by atoms with E-state index in [1.54, 1.807) is 6.07 Å². The van der Waals surface area contributed by atoms with Crippen LogP contribution in [0, 0.1) is 11.7 Å². The first-order chi connectivity index (χ1) is 9.30. The van der Waals surface area contributed by atoms with Gasteiger partial charge in [0.15, 0.2) is 11.6 Å². The lowest BCUT2D eigenvalue weighted by atomic mass is 10.1. The fourth-order valence-electron chi connectivity index (χ4n) is 2.25. The van der Waals surface area contributed by atoms with E-state index in [1.165, 1.54) is 24.1 Å². The van der Waals surface area contributed by atoms with Gasteiger partial charge in [-0.3, -0.25) is 4.79 Å². The molecular formula is C12H13ClFNO4S. The molecule has 0 radical (unpaired) electrons. The Morgan fingerprint density at radius 1 is 1.50 bits per heavy atom. The number of hydrogen-bond acceptors (Lipinski definition) is 4. The zero-order valence-electron chi connectivity index (χ0n) is 10.7. The molecule has 1 amide bonds. The second kappa shape index (κ2) is 5.57. The summed E-state index contributed by atoms with van der Waals surface area (Å²) in [5.41, 5.74) is 0.378. The van der Waals surface area contributed by atoms with E-state index < -0.39 is 14.9 Å². The van der Waals surface area contributed by atoms with Crippen molar-refractivity contribution in [3.05, 3.63) is 24.0 Å². The Bertz CT molecular complexity index is 634. The van der Waals surface area contributed by atoms with Crippen LogP contribution in [0.1, 0.15) is 6.42 Å². The Balaban J connectivity index is 2.18. The van der Waals surface area contributed by atoms with Gasteiger partial charge in [0.2, 0.25) is 15.0 Å². The quantitative estimate of drug-likeness (QED) is 0.793. The smallest absolute Gasteiger partial charge is 0.232 e. The Morgan fingerprint density at radius 2 is 2.20 bits per heavy atom. The van der Waals surface area contributed by atoms with Crippen molar-refractivity contribution in [2.24, 2.45) is 5.92 Å². The van der Waals surface area contributed by atoms with Gasteiger partial charge in [-0.15, -0.1) is 0 Å². The lowest BCUT2D eigenvalue weighted by Crippen LogP contribution is -2.25. The van der Waals surface area contributed by atoms with Crippen molar-refractivity contribution in [1.29, 1.82) is 0 Å². The molecular weight excluding hydrogens is 309 g/mol. The topological polar surface area (TPSA) is 63.7 Å². The van der Waals surface area contributed by atoms with Gasteiger partial charge in [0.1, 0.15) is 0 Å². The number of benzene rings is 1. The number of amides is 1. The molecule has 8 heteroatoms. The van der Waals surface area contributed by atoms with Crippen LogP contribution in [0.4, 0.5) is 10.1 Å². The van der Waals surface area contributed by atoms with Crippen LogP contribution < -0.4 is 9.64 Å². The maximum atomic E-state index is 13.6. The summed E-state index contributed by atoms with van der Waals surface area (Å²) in [7, 11) is 2.88. The van der Waals surface area contributed by atoms with Crippen molar-refractivity contribution < 1.29 is 22.3 Å². The molecule has 0 N–H and O–H groups in total. The fraction of sp³-hybridized carbons (Fsp3) is 0.417. The largest absolute Gasteiger partial charge is 0.494 e. The minimum atomic E-state index is -3.66. The van der Waals surface area contributed by atoms with Crippen LogP contribution in [0.3, 0.4) is 0 Å². The average molecular weight is 322 g/mol. The lowest BCUT2D eigenvalue weighted by Gasteiger charge is -2.17. The van der Waals surface area contributed by atoms with Crippen LogP contribution in [0.15, 0.2) is 18.2 Å². The zero-order chi connectivity index (χ0) is 14.9. The van der Waals surface area contributed by atoms with E-state index >= 15 is 0 Å². The van der Waals surface area contributed by atoms with Gasteiger partial charge < -0.3 is 9.64 Å². The highest BCUT2D eigenvalue weighted by Crippen LogP contribution is 2.29. The van der Waals surface area contributed by atoms with Gasteiger partial charge >= 0.3 is 0 Å². The number of halogens is 2. The van der Waals surface area contributed by atoms with E-state index in [9.17, 15) is 17.6 Å². The summed E-state index contributed by atoms with van der Waals surface area (Å²) < 4.78 is 40.5. The highest BCUT2D eigenvalue weighted by atomic mass is 35.7. The number of carbonyl (C=O) groups excluding carboxylic acids is 1. The molecule has 0 aliphatic carbocycles. The van der Waals surface area contributed by atoms with Crippen molar-refractivity contribution >= 4 is 31.3 Å². The molecule has 1 aliphatic heterocycles. The van der Waals surface area contributed by atoms with Gasteiger partial charge in [-0.1, -0.05) is 0 Å². The van der Waals surface area contributed by atoms with E-state index in [1.807, 2.05) is 0 Å². The standard InChI is InChI=1S/C12H13ClFNO4S/c1-19-11-3-2-9(5-10(11)14)15-6-8(4-12(15)16)7-20(13,17)18/h2-3,5,8H,4,6-7H2,1H3. The van der Waals surface area contributed by atoms with E-state index in [2.05, 4.69) is 0 Å². The number of ether oxygens (including phenoxy) is 1. The number of anilines is 1. The third kappa shape index (κ3) is 3.40. The number of carbonyl (C=O) groups is 1. The van der Waals surface area contributed by atoms with Crippen molar-refractivity contribution in [3.63, 3.8) is 0 Å². The number of rotatable bonds is 4. The first-order valence-electron chi connectivity index (χ1n) is 5.86. The highest BCUT2D eigenvalue weighted by Gasteiger charge is 2.33. The predicted octanol–water partition coefficient (Wildman–Crippen LogP) is 1.76. The molecule has 1 saturated heterocycles. The van der Waals surface area contributed by atoms with Gasteiger partial charge in [0, 0.05) is 41.3 Å². The van der Waals surface area contributed by atoms with Crippen molar-refractivity contribution in [2.75, 3.05) is 24.3 Å². The van der Waals surface area contributed by atoms with E-state index in [0.717, 1.165) is 0 Å². The molecule has 2 rings (SSSR count). The molecule has 1 aromatic rings. The van der Waals surface area contributed by atoms with E-state index in [4.69, 9.17) is 15.4 Å². The summed E-state index contributed by atoms with van der Waals surface area (Å²) in [5.74, 6) is -1.39. The monoisotopic (exact) mass is 321 g/mol. The van der Waals surface area contributed by atoms with Crippen LogP contribution in [-0.2, 0) is 13.8 Å². The molecule has 1 aromatic carbocycles. The minimum Gasteiger partial charge on any atom is -0.494 e. The van der Waals surface area contributed by atoms with Crippen LogP contribution >= 0.6 is 10.7 Å². The molecule has 1 unspecified atom stereocenters. The predicted molar refractivity (Wildman–Crippen MR) is 73.1 cm³/mol. The highest BCUT2D eigenvalue weighted by molar-refractivity contribution is 8.13. The van der Waals surface area contributed by atoms with Crippen LogP contribution in [-0.4, -0.2) is 33.7 Å². The van der Waals surface area contributed by atoms with Gasteiger partial charge in [-0.2, -0.15) is 0 Å². The Labute approximate surface area is 120 Å². The molecule has 0 bridgehead atoms. The second-order valence-corrected chi connectivity index (χ2v) is 7.42. The lowest BCUT2D eigenvalue weighted by molar-refractivity contribution is -0.117. The molecule has 1 aliphatic rings. The minimum absolute atomic E-state index is 0.0829. The molecule has 5 nitrogen and oxygen atoms in total. The van der Waals surface area contributed by atoms with E-state index in [0.29, 0.717) is 5.69 Å². The summed E-state index contributed by atoms with van der Waals surface area (Å²) in [6.07, 6.45) is 0.0829. The molecule has 1 heterocycles. The van der Waals surface area contributed by atoms with Gasteiger partial charge in [0.25, 0.3) is 0 Å². The normalized spacial score (nSPS) is 19.4. The third-order valence-electron chi connectivity index (χ3n) is 3.09. The maximum absolute atomic E-state index is 13.6. The van der Waals surface area contributed by atoms with Crippen LogP contribution in [0.5, 0.6) is 5.75 Å². The first-order valence-corrected chi connectivity index (χ1v) is 8.34. The van der Waals surface area contributed by atoms with Crippen LogP contribution in [0.2, 0.25) is 0 Å². The molecule has 1 atom stereocenters. The molecule has 110 valence electrons. The van der Waals surface area contributed by atoms with Gasteiger partial charge in [-0.25, -0.2) is 12.8 Å². The second-order valence-electron chi connectivity index (χ2n) is 4.60. The summed E-state index contributed by atoms with van der Waals surface area (Å²) >= 11 is 0. The summed E-state index contributed by atoms with van der Waals surface area (Å²) in [5, 5.41) is 0. The summed E-state index contributed by atoms with van der Waals surface area (Å²) in [6, 6.07) is 4.16. The first kappa shape index (κ1) is 15.1. The van der Waals surface area contributed by atoms with Crippen molar-refractivity contribution in [3.8, 4) is 5.75 Å². The Kier molecular flexibility index (Phi) is 4.19. The van der Waals surface area contributed by atoms with Gasteiger partial charge in [0.05, 0.1) is 12.9 Å². The Morgan fingerprint density at radius 3 is 2.75 bits per heavy atom.